The Bertz CT molecular complexity index is 1030. The molecular weight excluding hydrogens is 375 g/mol. The average Bonchev–Trinajstić information content (AvgIpc) is 3.52. The summed E-state index contributed by atoms with van der Waals surface area (Å²) in [6.07, 6.45) is 0.0315. The summed E-state index contributed by atoms with van der Waals surface area (Å²) in [6.45, 7) is 1.81. The van der Waals surface area contributed by atoms with Crippen LogP contribution < -0.4 is 16.2 Å². The molecule has 0 atom stereocenters. The Morgan fingerprint density at radius 2 is 1.96 bits per heavy atom. The fraction of sp³-hybridized carbons (Fsp3) is 0.471. The van der Waals surface area contributed by atoms with Crippen LogP contribution in [0.1, 0.15) is 38.2 Å². The van der Waals surface area contributed by atoms with Crippen molar-refractivity contribution in [3.8, 4) is 6.07 Å². The van der Waals surface area contributed by atoms with E-state index >= 15 is 0 Å². The van der Waals surface area contributed by atoms with E-state index in [1.807, 2.05) is 6.92 Å². The quantitative estimate of drug-likeness (QED) is 0.807. The number of hydrogen-bond acceptors (Lipinski definition) is 7. The second-order valence-electron chi connectivity index (χ2n) is 7.40. The van der Waals surface area contributed by atoms with Crippen molar-refractivity contribution in [3.05, 3.63) is 34.4 Å². The standard InChI is InChI=1S/C17H16F3N7O/c1-15(2-3-15)26-13-11(17(18,19)20)8-22-14(25-13)24-10-6-12(28)27(23-7-10)16(9-21)4-5-16/h6-8H,2-5H2,1H3,(H2,22,24,25,26). The molecule has 0 unspecified atom stereocenters. The summed E-state index contributed by atoms with van der Waals surface area (Å²) in [4.78, 5) is 19.9. The number of alkyl halides is 3. The van der Waals surface area contributed by atoms with Crippen molar-refractivity contribution >= 4 is 17.5 Å². The summed E-state index contributed by atoms with van der Waals surface area (Å²) in [5.41, 5.74) is -2.52. The van der Waals surface area contributed by atoms with E-state index in [0.29, 0.717) is 19.0 Å². The highest BCUT2D eigenvalue weighted by Crippen LogP contribution is 2.42. The molecule has 28 heavy (non-hydrogen) atoms. The molecule has 2 aromatic rings. The van der Waals surface area contributed by atoms with Gasteiger partial charge in [0.2, 0.25) is 5.95 Å². The van der Waals surface area contributed by atoms with Gasteiger partial charge in [0.25, 0.3) is 5.56 Å². The van der Waals surface area contributed by atoms with Crippen LogP contribution in [-0.2, 0) is 11.7 Å². The number of aromatic nitrogens is 4. The molecule has 0 saturated heterocycles. The van der Waals surface area contributed by atoms with E-state index in [1.54, 1.807) is 0 Å². The van der Waals surface area contributed by atoms with Crippen LogP contribution in [0.5, 0.6) is 0 Å². The third kappa shape index (κ3) is 3.37. The smallest absolute Gasteiger partial charge is 0.364 e. The minimum Gasteiger partial charge on any atom is -0.364 e. The van der Waals surface area contributed by atoms with E-state index in [4.69, 9.17) is 0 Å². The van der Waals surface area contributed by atoms with Gasteiger partial charge in [0.1, 0.15) is 11.4 Å². The Balaban J connectivity index is 1.61. The monoisotopic (exact) mass is 391 g/mol. The number of nitrogens with one attached hydrogen (secondary N) is 2. The lowest BCUT2D eigenvalue weighted by Crippen LogP contribution is -2.31. The zero-order valence-corrected chi connectivity index (χ0v) is 14.8. The molecular formula is C17H16F3N7O. The Morgan fingerprint density at radius 3 is 2.50 bits per heavy atom. The van der Waals surface area contributed by atoms with Gasteiger partial charge in [0, 0.05) is 17.8 Å². The first-order valence-corrected chi connectivity index (χ1v) is 8.65. The zero-order chi connectivity index (χ0) is 20.2. The van der Waals surface area contributed by atoms with E-state index in [0.717, 1.165) is 17.5 Å². The first kappa shape index (κ1) is 18.2. The highest BCUT2D eigenvalue weighted by molar-refractivity contribution is 5.56. The Kier molecular flexibility index (Phi) is 3.85. The topological polar surface area (TPSA) is 109 Å². The summed E-state index contributed by atoms with van der Waals surface area (Å²) in [6, 6.07) is 3.28. The van der Waals surface area contributed by atoms with Crippen LogP contribution in [0.25, 0.3) is 0 Å². The lowest BCUT2D eigenvalue weighted by molar-refractivity contribution is -0.137. The van der Waals surface area contributed by atoms with Gasteiger partial charge in [0.15, 0.2) is 5.54 Å². The highest BCUT2D eigenvalue weighted by Gasteiger charge is 2.47. The Morgan fingerprint density at radius 1 is 1.25 bits per heavy atom. The fourth-order valence-corrected chi connectivity index (χ4v) is 2.76. The van der Waals surface area contributed by atoms with Gasteiger partial charge in [-0.3, -0.25) is 4.79 Å². The summed E-state index contributed by atoms with van der Waals surface area (Å²) in [5, 5.41) is 18.7. The van der Waals surface area contributed by atoms with Crippen molar-refractivity contribution in [2.24, 2.45) is 0 Å². The van der Waals surface area contributed by atoms with E-state index in [2.05, 4.69) is 31.8 Å². The predicted octanol–water partition coefficient (Wildman–Crippen LogP) is 2.77. The molecule has 11 heteroatoms. The van der Waals surface area contributed by atoms with Crippen LogP contribution in [0.15, 0.2) is 23.3 Å². The molecule has 0 aliphatic heterocycles. The zero-order valence-electron chi connectivity index (χ0n) is 14.8. The molecule has 2 N–H and O–H groups in total. The average molecular weight is 391 g/mol. The molecule has 0 spiro atoms. The maximum absolute atomic E-state index is 13.2. The molecule has 2 saturated carbocycles. The van der Waals surface area contributed by atoms with Crippen molar-refractivity contribution in [2.75, 3.05) is 10.6 Å². The van der Waals surface area contributed by atoms with Gasteiger partial charge >= 0.3 is 6.18 Å². The van der Waals surface area contributed by atoms with Crippen LogP contribution in [0.3, 0.4) is 0 Å². The van der Waals surface area contributed by atoms with E-state index in [9.17, 15) is 23.2 Å². The van der Waals surface area contributed by atoms with Crippen molar-refractivity contribution < 1.29 is 13.2 Å². The summed E-state index contributed by atoms with van der Waals surface area (Å²) < 4.78 is 40.8. The molecule has 0 amide bonds. The van der Waals surface area contributed by atoms with Crippen LogP contribution >= 0.6 is 0 Å². The van der Waals surface area contributed by atoms with E-state index in [1.165, 1.54) is 12.3 Å². The number of nitriles is 1. The second kappa shape index (κ2) is 5.92. The SMILES string of the molecule is CC1(Nc2nc(Nc3cnn(C4(C#N)CC4)c(=O)c3)ncc2C(F)(F)F)CC1. The first-order chi connectivity index (χ1) is 13.1. The Labute approximate surface area is 157 Å². The molecule has 2 fully saturated rings. The van der Waals surface area contributed by atoms with Crippen LogP contribution in [0.4, 0.5) is 30.6 Å². The predicted molar refractivity (Wildman–Crippen MR) is 92.9 cm³/mol. The van der Waals surface area contributed by atoms with Gasteiger partial charge in [-0.1, -0.05) is 0 Å². The van der Waals surface area contributed by atoms with Gasteiger partial charge in [-0.2, -0.15) is 28.5 Å². The number of nitrogens with zero attached hydrogens (tertiary/aromatic N) is 5. The third-order valence-electron chi connectivity index (χ3n) is 4.91. The third-order valence-corrected chi connectivity index (χ3v) is 4.91. The molecule has 2 aliphatic carbocycles. The van der Waals surface area contributed by atoms with Crippen molar-refractivity contribution in [3.63, 3.8) is 0 Å². The van der Waals surface area contributed by atoms with Crippen molar-refractivity contribution in [1.82, 2.24) is 19.7 Å². The van der Waals surface area contributed by atoms with Gasteiger partial charge in [0.05, 0.1) is 18.0 Å². The van der Waals surface area contributed by atoms with Gasteiger partial charge < -0.3 is 10.6 Å². The number of halogens is 3. The number of rotatable bonds is 5. The lowest BCUT2D eigenvalue weighted by atomic mass is 10.2. The molecule has 0 aromatic carbocycles. The first-order valence-electron chi connectivity index (χ1n) is 8.65. The van der Waals surface area contributed by atoms with Gasteiger partial charge in [-0.25, -0.2) is 9.67 Å². The second-order valence-corrected chi connectivity index (χ2v) is 7.40. The largest absolute Gasteiger partial charge is 0.421 e. The summed E-state index contributed by atoms with van der Waals surface area (Å²) in [5.74, 6) is -0.409. The van der Waals surface area contributed by atoms with E-state index < -0.39 is 28.4 Å². The van der Waals surface area contributed by atoms with E-state index in [-0.39, 0.29) is 17.5 Å². The summed E-state index contributed by atoms with van der Waals surface area (Å²) >= 11 is 0. The van der Waals surface area contributed by atoms with Gasteiger partial charge in [-0.15, -0.1) is 0 Å². The van der Waals surface area contributed by atoms with Crippen molar-refractivity contribution in [1.29, 1.82) is 5.26 Å². The minimum atomic E-state index is -4.59. The normalized spacial score (nSPS) is 18.8. The van der Waals surface area contributed by atoms with Crippen LogP contribution in [-0.4, -0.2) is 25.3 Å². The lowest BCUT2D eigenvalue weighted by Gasteiger charge is -2.18. The number of hydrogen-bond donors (Lipinski definition) is 2. The maximum atomic E-state index is 13.2. The molecule has 2 aromatic heterocycles. The maximum Gasteiger partial charge on any atom is 0.421 e. The molecule has 4 rings (SSSR count). The summed E-state index contributed by atoms with van der Waals surface area (Å²) in [7, 11) is 0. The molecule has 0 bridgehead atoms. The minimum absolute atomic E-state index is 0.0971. The highest BCUT2D eigenvalue weighted by atomic mass is 19.4. The molecule has 2 aliphatic rings. The van der Waals surface area contributed by atoms with Crippen LogP contribution in [0, 0.1) is 11.3 Å². The molecule has 0 radical (unpaired) electrons. The molecule has 146 valence electrons. The van der Waals surface area contributed by atoms with Crippen molar-refractivity contribution in [2.45, 2.75) is 49.9 Å². The fourth-order valence-electron chi connectivity index (χ4n) is 2.76. The molecule has 8 nitrogen and oxygen atoms in total. The van der Waals surface area contributed by atoms with Gasteiger partial charge in [-0.05, 0) is 32.6 Å². The Hall–Kier alpha value is -3.16. The van der Waals surface area contributed by atoms with Crippen LogP contribution in [0.2, 0.25) is 0 Å². The molecule has 2 heterocycles. The number of anilines is 3.